The lowest BCUT2D eigenvalue weighted by molar-refractivity contribution is -0.389. The summed E-state index contributed by atoms with van der Waals surface area (Å²) in [7, 11) is 0. The minimum absolute atomic E-state index is 0.00482. The summed E-state index contributed by atoms with van der Waals surface area (Å²) in [5.41, 5.74) is 0.00482. The minimum Gasteiger partial charge on any atom is -0.358 e. The maximum Gasteiger partial charge on any atom is 0.410 e. The van der Waals surface area contributed by atoms with Crippen LogP contribution in [0, 0.1) is 15.5 Å². The van der Waals surface area contributed by atoms with Gasteiger partial charge >= 0.3 is 5.82 Å². The Morgan fingerprint density at radius 3 is 2.76 bits per heavy atom. The van der Waals surface area contributed by atoms with Crippen LogP contribution in [0.3, 0.4) is 0 Å². The van der Waals surface area contributed by atoms with Crippen molar-refractivity contribution in [3.63, 3.8) is 0 Å². The van der Waals surface area contributed by atoms with Gasteiger partial charge in [-0.3, -0.25) is 0 Å². The second-order valence-corrected chi connectivity index (χ2v) is 4.77. The van der Waals surface area contributed by atoms with Crippen LogP contribution < -0.4 is 0 Å². The Balaban J connectivity index is 1.91. The number of hydrogen-bond acceptors (Lipinski definition) is 6. The van der Waals surface area contributed by atoms with Crippen molar-refractivity contribution in [1.82, 2.24) is 15.0 Å². The Kier molecular flexibility index (Phi) is 3.07. The van der Waals surface area contributed by atoms with Crippen molar-refractivity contribution in [2.75, 3.05) is 13.2 Å². The standard InChI is InChI=1S/C9H14N4O4/c1-9(2)5-16-8(17-6-9)4-12-3-7(10-11-12)13(14)15/h3,8H,4-6H2,1-2H3. The zero-order chi connectivity index (χ0) is 12.5. The third-order valence-corrected chi connectivity index (χ3v) is 2.37. The first-order valence-electron chi connectivity index (χ1n) is 5.24. The fourth-order valence-corrected chi connectivity index (χ4v) is 1.45. The van der Waals surface area contributed by atoms with E-state index in [4.69, 9.17) is 9.47 Å². The first-order valence-corrected chi connectivity index (χ1v) is 5.24. The van der Waals surface area contributed by atoms with Crippen LogP contribution in [0.15, 0.2) is 6.20 Å². The van der Waals surface area contributed by atoms with Crippen molar-refractivity contribution in [1.29, 1.82) is 0 Å². The van der Waals surface area contributed by atoms with Gasteiger partial charge in [-0.05, 0) is 4.92 Å². The molecule has 2 rings (SSSR count). The number of hydrogen-bond donors (Lipinski definition) is 0. The van der Waals surface area contributed by atoms with Crippen LogP contribution in [0.1, 0.15) is 13.8 Å². The summed E-state index contributed by atoms with van der Waals surface area (Å²) in [5, 5.41) is 17.5. The summed E-state index contributed by atoms with van der Waals surface area (Å²) in [6, 6.07) is 0. The number of aromatic nitrogens is 3. The Hall–Kier alpha value is -1.54. The van der Waals surface area contributed by atoms with Crippen molar-refractivity contribution in [3.05, 3.63) is 16.3 Å². The molecule has 0 amide bonds. The molecular weight excluding hydrogens is 228 g/mol. The van der Waals surface area contributed by atoms with E-state index in [-0.39, 0.29) is 11.2 Å². The van der Waals surface area contributed by atoms with Crippen LogP contribution in [0.2, 0.25) is 0 Å². The lowest BCUT2D eigenvalue weighted by Gasteiger charge is -2.34. The molecule has 1 saturated heterocycles. The number of rotatable bonds is 3. The van der Waals surface area contributed by atoms with Crippen LogP contribution >= 0.6 is 0 Å². The summed E-state index contributed by atoms with van der Waals surface area (Å²) in [6.45, 7) is 5.58. The Morgan fingerprint density at radius 2 is 2.24 bits per heavy atom. The van der Waals surface area contributed by atoms with E-state index in [0.717, 1.165) is 0 Å². The molecule has 8 nitrogen and oxygen atoms in total. The number of nitrogens with zero attached hydrogens (tertiary/aromatic N) is 4. The van der Waals surface area contributed by atoms with E-state index in [1.165, 1.54) is 10.9 Å². The molecule has 1 fully saturated rings. The lowest BCUT2D eigenvalue weighted by atomic mass is 9.96. The molecule has 0 radical (unpaired) electrons. The zero-order valence-corrected chi connectivity index (χ0v) is 9.70. The molecule has 0 atom stereocenters. The van der Waals surface area contributed by atoms with Gasteiger partial charge in [0.25, 0.3) is 0 Å². The molecule has 0 bridgehead atoms. The van der Waals surface area contributed by atoms with E-state index in [2.05, 4.69) is 10.3 Å². The first kappa shape index (κ1) is 11.9. The molecule has 8 heteroatoms. The molecule has 0 aliphatic carbocycles. The quantitative estimate of drug-likeness (QED) is 0.568. The minimum atomic E-state index is -0.588. The molecular formula is C9H14N4O4. The van der Waals surface area contributed by atoms with Crippen molar-refractivity contribution >= 4 is 5.82 Å². The summed E-state index contributed by atoms with van der Waals surface area (Å²) >= 11 is 0. The van der Waals surface area contributed by atoms with E-state index in [9.17, 15) is 10.1 Å². The molecule has 0 spiro atoms. The van der Waals surface area contributed by atoms with Crippen LogP contribution in [0.5, 0.6) is 0 Å². The second kappa shape index (κ2) is 4.38. The third kappa shape index (κ3) is 2.98. The predicted molar refractivity (Wildman–Crippen MR) is 56.1 cm³/mol. The monoisotopic (exact) mass is 242 g/mol. The van der Waals surface area contributed by atoms with Crippen molar-refractivity contribution in [2.24, 2.45) is 5.41 Å². The highest BCUT2D eigenvalue weighted by atomic mass is 16.7. The molecule has 0 saturated carbocycles. The molecule has 1 aliphatic rings. The van der Waals surface area contributed by atoms with Gasteiger partial charge in [0.2, 0.25) is 0 Å². The summed E-state index contributed by atoms with van der Waals surface area (Å²) in [5.74, 6) is -0.277. The highest BCUT2D eigenvalue weighted by Crippen LogP contribution is 2.23. The summed E-state index contributed by atoms with van der Waals surface area (Å²) in [6.07, 6.45) is 0.830. The SMILES string of the molecule is CC1(C)COC(Cn2cc([N+](=O)[O-])nn2)OC1. The average Bonchev–Trinajstić information content (AvgIpc) is 2.70. The van der Waals surface area contributed by atoms with Crippen molar-refractivity contribution in [3.8, 4) is 0 Å². The average molecular weight is 242 g/mol. The molecule has 1 aromatic rings. The van der Waals surface area contributed by atoms with Gasteiger partial charge in [0.1, 0.15) is 11.3 Å². The summed E-state index contributed by atoms with van der Waals surface area (Å²) in [4.78, 5) is 9.83. The lowest BCUT2D eigenvalue weighted by Crippen LogP contribution is -2.39. The maximum atomic E-state index is 10.4. The maximum absolute atomic E-state index is 10.4. The fourth-order valence-electron chi connectivity index (χ4n) is 1.45. The molecule has 94 valence electrons. The van der Waals surface area contributed by atoms with E-state index in [0.29, 0.717) is 19.8 Å². The Bertz CT molecular complexity index is 407. The van der Waals surface area contributed by atoms with Gasteiger partial charge < -0.3 is 19.6 Å². The van der Waals surface area contributed by atoms with Crippen LogP contribution in [0.4, 0.5) is 5.82 Å². The van der Waals surface area contributed by atoms with Gasteiger partial charge in [-0.2, -0.15) is 0 Å². The van der Waals surface area contributed by atoms with Gasteiger partial charge in [-0.25, -0.2) is 4.68 Å². The van der Waals surface area contributed by atoms with E-state index in [1.54, 1.807) is 0 Å². The predicted octanol–water partition coefficient (Wildman–Crippen LogP) is 0.585. The number of nitro groups is 1. The highest BCUT2D eigenvalue weighted by molar-refractivity contribution is 5.08. The largest absolute Gasteiger partial charge is 0.410 e. The van der Waals surface area contributed by atoms with Gasteiger partial charge in [0.15, 0.2) is 6.29 Å². The van der Waals surface area contributed by atoms with Crippen molar-refractivity contribution < 1.29 is 14.4 Å². The molecule has 0 aromatic carbocycles. The zero-order valence-electron chi connectivity index (χ0n) is 9.70. The molecule has 0 N–H and O–H groups in total. The Labute approximate surface area is 97.7 Å². The summed E-state index contributed by atoms with van der Waals surface area (Å²) < 4.78 is 12.3. The van der Waals surface area contributed by atoms with Crippen molar-refractivity contribution in [2.45, 2.75) is 26.7 Å². The molecule has 1 aliphatic heterocycles. The second-order valence-electron chi connectivity index (χ2n) is 4.77. The van der Waals surface area contributed by atoms with Gasteiger partial charge in [-0.1, -0.05) is 13.8 Å². The van der Waals surface area contributed by atoms with Crippen LogP contribution in [-0.2, 0) is 16.0 Å². The first-order chi connectivity index (χ1) is 7.96. The van der Waals surface area contributed by atoms with Gasteiger partial charge in [0, 0.05) is 5.41 Å². The Morgan fingerprint density at radius 1 is 1.59 bits per heavy atom. The smallest absolute Gasteiger partial charge is 0.358 e. The van der Waals surface area contributed by atoms with Gasteiger partial charge in [0.05, 0.1) is 25.0 Å². The number of ether oxygens (including phenoxy) is 2. The van der Waals surface area contributed by atoms with E-state index >= 15 is 0 Å². The van der Waals surface area contributed by atoms with Crippen LogP contribution in [0.25, 0.3) is 0 Å². The van der Waals surface area contributed by atoms with E-state index < -0.39 is 11.2 Å². The topological polar surface area (TPSA) is 92.3 Å². The molecule has 17 heavy (non-hydrogen) atoms. The van der Waals surface area contributed by atoms with Gasteiger partial charge in [-0.15, -0.1) is 0 Å². The van der Waals surface area contributed by atoms with E-state index in [1.807, 2.05) is 13.8 Å². The third-order valence-electron chi connectivity index (χ3n) is 2.37. The van der Waals surface area contributed by atoms with Crippen LogP contribution in [-0.4, -0.2) is 39.4 Å². The molecule has 1 aromatic heterocycles. The normalized spacial score (nSPS) is 20.4. The fraction of sp³-hybridized carbons (Fsp3) is 0.778. The molecule has 0 unspecified atom stereocenters. The molecule has 2 heterocycles. The highest BCUT2D eigenvalue weighted by Gasteiger charge is 2.29.